The lowest BCUT2D eigenvalue weighted by molar-refractivity contribution is 0.0934. The van der Waals surface area contributed by atoms with E-state index in [1.165, 1.54) is 0 Å². The summed E-state index contributed by atoms with van der Waals surface area (Å²) in [6.07, 6.45) is 1.58. The van der Waals surface area contributed by atoms with Crippen molar-refractivity contribution in [2.75, 3.05) is 0 Å². The average Bonchev–Trinajstić information content (AvgIpc) is 2.81. The summed E-state index contributed by atoms with van der Waals surface area (Å²) in [5.41, 5.74) is 0.540. The molecular weight excluding hydrogens is 318 g/mol. The van der Waals surface area contributed by atoms with Gasteiger partial charge in [-0.3, -0.25) is 4.79 Å². The molecule has 18 heavy (non-hydrogen) atoms. The van der Waals surface area contributed by atoms with Crippen LogP contribution in [0.1, 0.15) is 29.1 Å². The Morgan fingerprint density at radius 2 is 2.22 bits per heavy atom. The molecule has 0 aliphatic heterocycles. The van der Waals surface area contributed by atoms with Crippen LogP contribution in [-0.4, -0.2) is 5.91 Å². The number of furan rings is 1. The van der Waals surface area contributed by atoms with Gasteiger partial charge >= 0.3 is 0 Å². The van der Waals surface area contributed by atoms with Crippen LogP contribution in [-0.2, 0) is 0 Å². The third kappa shape index (κ3) is 2.94. The van der Waals surface area contributed by atoms with Gasteiger partial charge in [-0.25, -0.2) is 0 Å². The van der Waals surface area contributed by atoms with Gasteiger partial charge in [0.1, 0.15) is 5.76 Å². The van der Waals surface area contributed by atoms with Crippen LogP contribution in [0, 0.1) is 0 Å². The van der Waals surface area contributed by atoms with Crippen molar-refractivity contribution in [1.82, 2.24) is 5.32 Å². The molecule has 1 amide bonds. The first-order valence-electron chi connectivity index (χ1n) is 5.37. The Kier molecular flexibility index (Phi) is 4.09. The second kappa shape index (κ2) is 5.59. The molecule has 2 rings (SSSR count). The zero-order chi connectivity index (χ0) is 13.1. The highest BCUT2D eigenvalue weighted by atomic mass is 79.9. The Morgan fingerprint density at radius 3 is 2.83 bits per heavy atom. The Morgan fingerprint density at radius 1 is 1.44 bits per heavy atom. The summed E-state index contributed by atoms with van der Waals surface area (Å²) in [5, 5.41) is 3.43. The van der Waals surface area contributed by atoms with E-state index in [0.717, 1.165) is 0 Å². The fourth-order valence-electron chi connectivity index (χ4n) is 1.56. The second-order valence-corrected chi connectivity index (χ2v) is 5.13. The predicted octanol–water partition coefficient (Wildman–Crippen LogP) is 4.19. The molecule has 3 nitrogen and oxygen atoms in total. The summed E-state index contributed by atoms with van der Waals surface area (Å²) in [7, 11) is 0. The lowest BCUT2D eigenvalue weighted by Gasteiger charge is -2.12. The third-order valence-electron chi connectivity index (χ3n) is 2.49. The van der Waals surface area contributed by atoms with Crippen LogP contribution in [0.5, 0.6) is 0 Å². The van der Waals surface area contributed by atoms with Crippen molar-refractivity contribution in [2.45, 2.75) is 13.0 Å². The molecule has 1 heterocycles. The van der Waals surface area contributed by atoms with E-state index in [2.05, 4.69) is 21.2 Å². The Balaban J connectivity index is 2.12. The van der Waals surface area contributed by atoms with E-state index in [1.807, 2.05) is 13.0 Å². The fraction of sp³-hybridized carbons (Fsp3) is 0.154. The molecule has 0 aliphatic rings. The van der Waals surface area contributed by atoms with Gasteiger partial charge in [0.05, 0.1) is 17.9 Å². The van der Waals surface area contributed by atoms with Gasteiger partial charge in [-0.2, -0.15) is 0 Å². The van der Waals surface area contributed by atoms with E-state index in [4.69, 9.17) is 16.0 Å². The molecule has 0 saturated carbocycles. The molecule has 1 aromatic carbocycles. The van der Waals surface area contributed by atoms with Gasteiger partial charge in [0, 0.05) is 9.50 Å². The van der Waals surface area contributed by atoms with Crippen molar-refractivity contribution in [1.29, 1.82) is 0 Å². The SMILES string of the molecule is CC(NC(=O)c1ccc(Cl)cc1Br)c1ccco1. The maximum Gasteiger partial charge on any atom is 0.253 e. The van der Waals surface area contributed by atoms with Gasteiger partial charge in [0.2, 0.25) is 0 Å². The van der Waals surface area contributed by atoms with E-state index < -0.39 is 0 Å². The van der Waals surface area contributed by atoms with E-state index in [9.17, 15) is 4.79 Å². The molecule has 0 bridgehead atoms. The molecule has 0 spiro atoms. The average molecular weight is 329 g/mol. The first-order chi connectivity index (χ1) is 8.58. The fourth-order valence-corrected chi connectivity index (χ4v) is 2.42. The minimum atomic E-state index is -0.185. The topological polar surface area (TPSA) is 42.2 Å². The minimum absolute atomic E-state index is 0.178. The Labute approximate surface area is 118 Å². The van der Waals surface area contributed by atoms with E-state index >= 15 is 0 Å². The maximum atomic E-state index is 12.1. The number of hydrogen-bond donors (Lipinski definition) is 1. The number of benzene rings is 1. The number of carbonyl (C=O) groups is 1. The first kappa shape index (κ1) is 13.2. The third-order valence-corrected chi connectivity index (χ3v) is 3.38. The molecule has 0 radical (unpaired) electrons. The van der Waals surface area contributed by atoms with Crippen molar-refractivity contribution in [2.24, 2.45) is 0 Å². The molecule has 1 unspecified atom stereocenters. The number of carbonyl (C=O) groups excluding carboxylic acids is 1. The lowest BCUT2D eigenvalue weighted by Crippen LogP contribution is -2.26. The highest BCUT2D eigenvalue weighted by molar-refractivity contribution is 9.10. The van der Waals surface area contributed by atoms with Crippen LogP contribution in [0.4, 0.5) is 0 Å². The van der Waals surface area contributed by atoms with Crippen LogP contribution >= 0.6 is 27.5 Å². The molecule has 5 heteroatoms. The molecule has 0 fully saturated rings. The number of amides is 1. The van der Waals surface area contributed by atoms with Gasteiger partial charge in [0.25, 0.3) is 5.91 Å². The molecule has 0 aliphatic carbocycles. The van der Waals surface area contributed by atoms with E-state index in [-0.39, 0.29) is 11.9 Å². The number of hydrogen-bond acceptors (Lipinski definition) is 2. The van der Waals surface area contributed by atoms with E-state index in [0.29, 0.717) is 20.8 Å². The summed E-state index contributed by atoms with van der Waals surface area (Å²) in [4.78, 5) is 12.1. The second-order valence-electron chi connectivity index (χ2n) is 3.83. The molecule has 1 atom stereocenters. The summed E-state index contributed by atoms with van der Waals surface area (Å²) in [5.74, 6) is 0.538. The van der Waals surface area contributed by atoms with Crippen LogP contribution < -0.4 is 5.32 Å². The molecule has 94 valence electrons. The van der Waals surface area contributed by atoms with Gasteiger partial charge in [-0.1, -0.05) is 11.6 Å². The highest BCUT2D eigenvalue weighted by Gasteiger charge is 2.15. The zero-order valence-electron chi connectivity index (χ0n) is 9.61. The standard InChI is InChI=1S/C13H11BrClNO2/c1-8(12-3-2-6-18-12)16-13(17)10-5-4-9(15)7-11(10)14/h2-8H,1H3,(H,16,17). The van der Waals surface area contributed by atoms with Gasteiger partial charge in [-0.05, 0) is 53.2 Å². The van der Waals surface area contributed by atoms with Gasteiger partial charge in [0.15, 0.2) is 0 Å². The van der Waals surface area contributed by atoms with Crippen molar-refractivity contribution in [3.05, 3.63) is 57.4 Å². The van der Waals surface area contributed by atoms with Crippen LogP contribution in [0.25, 0.3) is 0 Å². The smallest absolute Gasteiger partial charge is 0.253 e. The normalized spacial score (nSPS) is 12.2. The van der Waals surface area contributed by atoms with E-state index in [1.54, 1.807) is 30.5 Å². The van der Waals surface area contributed by atoms with Crippen molar-refractivity contribution < 1.29 is 9.21 Å². The van der Waals surface area contributed by atoms with Gasteiger partial charge in [-0.15, -0.1) is 0 Å². The predicted molar refractivity (Wildman–Crippen MR) is 73.7 cm³/mol. The van der Waals surface area contributed by atoms with Crippen molar-refractivity contribution in [3.8, 4) is 0 Å². The maximum absolute atomic E-state index is 12.1. The van der Waals surface area contributed by atoms with Gasteiger partial charge < -0.3 is 9.73 Å². The van der Waals surface area contributed by atoms with Crippen molar-refractivity contribution >= 4 is 33.4 Å². The Hall–Kier alpha value is -1.26. The minimum Gasteiger partial charge on any atom is -0.467 e. The zero-order valence-corrected chi connectivity index (χ0v) is 12.0. The summed E-state index contributed by atoms with van der Waals surface area (Å²) in [6, 6.07) is 8.47. The molecular formula is C13H11BrClNO2. The summed E-state index contributed by atoms with van der Waals surface area (Å²) >= 11 is 9.15. The monoisotopic (exact) mass is 327 g/mol. The molecule has 2 aromatic rings. The van der Waals surface area contributed by atoms with Crippen molar-refractivity contribution in [3.63, 3.8) is 0 Å². The largest absolute Gasteiger partial charge is 0.467 e. The number of rotatable bonds is 3. The van der Waals surface area contributed by atoms with Crippen LogP contribution in [0.3, 0.4) is 0 Å². The highest BCUT2D eigenvalue weighted by Crippen LogP contribution is 2.22. The Bertz CT molecular complexity index is 554. The molecule has 1 aromatic heterocycles. The summed E-state index contributed by atoms with van der Waals surface area (Å²) < 4.78 is 5.90. The summed E-state index contributed by atoms with van der Waals surface area (Å²) in [6.45, 7) is 1.86. The van der Waals surface area contributed by atoms with Crippen LogP contribution in [0.15, 0.2) is 45.5 Å². The van der Waals surface area contributed by atoms with Crippen LogP contribution in [0.2, 0.25) is 5.02 Å². The quantitative estimate of drug-likeness (QED) is 0.918. The number of halogens is 2. The molecule has 1 N–H and O–H groups in total. The number of nitrogens with one attached hydrogen (secondary N) is 1. The lowest BCUT2D eigenvalue weighted by atomic mass is 10.2. The molecule has 0 saturated heterocycles. The first-order valence-corrected chi connectivity index (χ1v) is 6.54.